The Bertz CT molecular complexity index is 1230. The van der Waals surface area contributed by atoms with Gasteiger partial charge in [0.2, 0.25) is 5.72 Å². The summed E-state index contributed by atoms with van der Waals surface area (Å²) in [4.78, 5) is 25.9. The van der Waals surface area contributed by atoms with Crippen molar-refractivity contribution < 1.29 is 32.4 Å². The molecule has 148 valence electrons. The number of rotatable bonds is 3. The van der Waals surface area contributed by atoms with Crippen molar-refractivity contribution in [2.75, 3.05) is 0 Å². The van der Waals surface area contributed by atoms with Crippen molar-refractivity contribution >= 4 is 21.7 Å². The van der Waals surface area contributed by atoms with Crippen molar-refractivity contribution in [1.82, 2.24) is 0 Å². The van der Waals surface area contributed by atoms with E-state index in [0.29, 0.717) is 0 Å². The first-order valence-electron chi connectivity index (χ1n) is 8.47. The molecule has 0 amide bonds. The average molecular weight is 413 g/mol. The zero-order chi connectivity index (χ0) is 21.0. The van der Waals surface area contributed by atoms with Gasteiger partial charge in [0, 0.05) is 16.7 Å². The first kappa shape index (κ1) is 19.1. The summed E-state index contributed by atoms with van der Waals surface area (Å²) >= 11 is 0. The fourth-order valence-electron chi connectivity index (χ4n) is 3.45. The van der Waals surface area contributed by atoms with Gasteiger partial charge in [-0.1, -0.05) is 36.4 Å². The number of aliphatic hydroxyl groups is 1. The number of ether oxygens (including phenoxy) is 1. The third kappa shape index (κ3) is 3.05. The lowest BCUT2D eigenvalue weighted by molar-refractivity contribution is 0.0957. The van der Waals surface area contributed by atoms with Gasteiger partial charge in [-0.15, -0.1) is 0 Å². The molecule has 0 radical (unpaired) electrons. The summed E-state index contributed by atoms with van der Waals surface area (Å²) in [6.07, 6.45) is 3.00. The summed E-state index contributed by atoms with van der Waals surface area (Å²) in [6, 6.07) is 10.6. The van der Waals surface area contributed by atoms with Gasteiger partial charge in [0.15, 0.2) is 16.8 Å². The third-order valence-electron chi connectivity index (χ3n) is 4.80. The second kappa shape index (κ2) is 6.38. The minimum atomic E-state index is -4.77. The average Bonchev–Trinajstić information content (AvgIpc) is 2.67. The van der Waals surface area contributed by atoms with Crippen LogP contribution in [0.25, 0.3) is 0 Å². The number of carbonyl (C=O) groups excluding carboxylic acids is 2. The smallest absolute Gasteiger partial charge is 0.277 e. The van der Waals surface area contributed by atoms with Crippen LogP contribution in [0.5, 0.6) is 5.75 Å². The molecular formula is C20H15NO7S. The predicted molar refractivity (Wildman–Crippen MR) is 102 cm³/mol. The molecule has 2 unspecified atom stereocenters. The number of aliphatic hydroxyl groups excluding tert-OH is 1. The summed E-state index contributed by atoms with van der Waals surface area (Å²) in [5, 5.41) is 7.77. The maximum atomic E-state index is 13.0. The van der Waals surface area contributed by atoms with Crippen LogP contribution >= 0.6 is 0 Å². The molecule has 2 aromatic rings. The maximum Gasteiger partial charge on any atom is 0.277 e. The number of hydrogen-bond donors (Lipinski definition) is 3. The standard InChI is InChI=1S/C20H15NO7S/c21-20(9-8-11(22)10-16(20)29(25,26)27)28-15-7-3-6-14-17(15)19(24)13-5-2-1-4-12(13)18(14)23/h1-10,16,22H,21H2,(H,25,26,27). The molecule has 0 fully saturated rings. The molecule has 0 spiro atoms. The Balaban J connectivity index is 1.84. The van der Waals surface area contributed by atoms with Gasteiger partial charge >= 0.3 is 0 Å². The highest BCUT2D eigenvalue weighted by molar-refractivity contribution is 7.86. The molecule has 2 aliphatic carbocycles. The molecule has 0 saturated carbocycles. The summed E-state index contributed by atoms with van der Waals surface area (Å²) in [5.41, 5.74) is 4.45. The molecule has 8 nitrogen and oxygen atoms in total. The van der Waals surface area contributed by atoms with Gasteiger partial charge in [-0.25, -0.2) is 0 Å². The zero-order valence-electron chi connectivity index (χ0n) is 14.8. The second-order valence-electron chi connectivity index (χ2n) is 6.70. The van der Waals surface area contributed by atoms with Crippen LogP contribution in [0.1, 0.15) is 31.8 Å². The van der Waals surface area contributed by atoms with Crippen LogP contribution in [0.2, 0.25) is 0 Å². The Hall–Kier alpha value is -3.27. The summed E-state index contributed by atoms with van der Waals surface area (Å²) < 4.78 is 38.8. The van der Waals surface area contributed by atoms with E-state index in [0.717, 1.165) is 18.2 Å². The number of nitrogens with two attached hydrogens (primary N) is 1. The highest BCUT2D eigenvalue weighted by atomic mass is 32.2. The molecule has 0 heterocycles. The Morgan fingerprint density at radius 2 is 1.59 bits per heavy atom. The fraction of sp³-hybridized carbons (Fsp3) is 0.100. The third-order valence-corrected chi connectivity index (χ3v) is 5.95. The minimum absolute atomic E-state index is 0.0534. The molecule has 4 rings (SSSR count). The Kier molecular flexibility index (Phi) is 4.19. The van der Waals surface area contributed by atoms with Crippen LogP contribution in [0, 0.1) is 0 Å². The highest BCUT2D eigenvalue weighted by Gasteiger charge is 2.45. The van der Waals surface area contributed by atoms with Gasteiger partial charge in [-0.2, -0.15) is 8.42 Å². The van der Waals surface area contributed by atoms with E-state index in [1.54, 1.807) is 18.2 Å². The van der Waals surface area contributed by atoms with Crippen LogP contribution in [0.4, 0.5) is 0 Å². The topological polar surface area (TPSA) is 144 Å². The van der Waals surface area contributed by atoms with E-state index in [2.05, 4.69) is 0 Å². The van der Waals surface area contributed by atoms with Crippen molar-refractivity contribution in [2.24, 2.45) is 5.73 Å². The lowest BCUT2D eigenvalue weighted by Crippen LogP contribution is -2.57. The Morgan fingerprint density at radius 3 is 2.24 bits per heavy atom. The molecular weight excluding hydrogens is 398 g/mol. The molecule has 0 aliphatic heterocycles. The molecule has 0 aromatic heterocycles. The molecule has 9 heteroatoms. The van der Waals surface area contributed by atoms with E-state index in [9.17, 15) is 27.7 Å². The predicted octanol–water partition coefficient (Wildman–Crippen LogP) is 1.76. The van der Waals surface area contributed by atoms with Gasteiger partial charge in [0.05, 0.1) is 5.56 Å². The van der Waals surface area contributed by atoms with E-state index < -0.39 is 32.6 Å². The van der Waals surface area contributed by atoms with Crippen molar-refractivity contribution in [1.29, 1.82) is 0 Å². The van der Waals surface area contributed by atoms with Crippen LogP contribution in [-0.2, 0) is 10.1 Å². The molecule has 2 aromatic carbocycles. The van der Waals surface area contributed by atoms with E-state index in [-0.39, 0.29) is 33.8 Å². The SMILES string of the molecule is NC1(Oc2cccc3c2C(=O)c2ccccc2C3=O)C=CC(O)=CC1S(=O)(=O)O. The molecule has 2 aliphatic rings. The first-order valence-corrected chi connectivity index (χ1v) is 9.98. The summed E-state index contributed by atoms with van der Waals surface area (Å²) in [6.45, 7) is 0. The van der Waals surface area contributed by atoms with Crippen LogP contribution in [0.15, 0.2) is 66.5 Å². The van der Waals surface area contributed by atoms with Gasteiger partial charge in [-0.3, -0.25) is 19.9 Å². The van der Waals surface area contributed by atoms with Gasteiger partial charge < -0.3 is 9.84 Å². The maximum absolute atomic E-state index is 13.0. The lowest BCUT2D eigenvalue weighted by atomic mass is 9.83. The number of hydrogen-bond acceptors (Lipinski definition) is 7. The molecule has 29 heavy (non-hydrogen) atoms. The van der Waals surface area contributed by atoms with E-state index >= 15 is 0 Å². The normalized spacial score (nSPS) is 23.2. The van der Waals surface area contributed by atoms with E-state index in [1.165, 1.54) is 24.3 Å². The quantitative estimate of drug-likeness (QED) is 0.435. The van der Waals surface area contributed by atoms with Crippen molar-refractivity contribution in [2.45, 2.75) is 11.0 Å². The van der Waals surface area contributed by atoms with Gasteiger partial charge in [0.1, 0.15) is 11.5 Å². The van der Waals surface area contributed by atoms with Crippen molar-refractivity contribution in [3.8, 4) is 5.75 Å². The van der Waals surface area contributed by atoms with Gasteiger partial charge in [0.25, 0.3) is 10.1 Å². The summed E-state index contributed by atoms with van der Waals surface area (Å²) in [7, 11) is -4.77. The highest BCUT2D eigenvalue weighted by Crippen LogP contribution is 2.36. The van der Waals surface area contributed by atoms with Crippen molar-refractivity contribution in [3.63, 3.8) is 0 Å². The second-order valence-corrected chi connectivity index (χ2v) is 8.24. The van der Waals surface area contributed by atoms with E-state index in [4.69, 9.17) is 10.5 Å². The monoisotopic (exact) mass is 413 g/mol. The largest absolute Gasteiger partial charge is 0.508 e. The van der Waals surface area contributed by atoms with Crippen LogP contribution < -0.4 is 10.5 Å². The van der Waals surface area contributed by atoms with E-state index in [1.807, 2.05) is 0 Å². The number of benzene rings is 2. The van der Waals surface area contributed by atoms with Crippen molar-refractivity contribution in [3.05, 3.63) is 88.7 Å². The molecule has 2 atom stereocenters. The number of allylic oxidation sites excluding steroid dienone is 1. The molecule has 0 saturated heterocycles. The fourth-order valence-corrected chi connectivity index (χ4v) is 4.35. The number of carbonyl (C=O) groups is 2. The summed E-state index contributed by atoms with van der Waals surface area (Å²) in [5.74, 6) is -1.40. The number of fused-ring (bicyclic) bond motifs is 2. The van der Waals surface area contributed by atoms with Crippen LogP contribution in [-0.4, -0.2) is 40.6 Å². The van der Waals surface area contributed by atoms with Crippen LogP contribution in [0.3, 0.4) is 0 Å². The number of ketones is 2. The molecule has 0 bridgehead atoms. The Morgan fingerprint density at radius 1 is 0.966 bits per heavy atom. The minimum Gasteiger partial charge on any atom is -0.508 e. The Labute approximate surface area is 165 Å². The first-order chi connectivity index (χ1) is 13.6. The lowest BCUT2D eigenvalue weighted by Gasteiger charge is -2.34. The van der Waals surface area contributed by atoms with Gasteiger partial charge in [-0.05, 0) is 24.3 Å². The zero-order valence-corrected chi connectivity index (χ0v) is 15.6. The molecule has 4 N–H and O–H groups in total.